The lowest BCUT2D eigenvalue weighted by atomic mass is 10.0. The summed E-state index contributed by atoms with van der Waals surface area (Å²) in [6.45, 7) is 4.63. The van der Waals surface area contributed by atoms with Gasteiger partial charge in [0.1, 0.15) is 13.2 Å². The fourth-order valence-electron chi connectivity index (χ4n) is 7.12. The molecule has 0 rings (SSSR count). The van der Waals surface area contributed by atoms with Crippen molar-refractivity contribution in [1.29, 1.82) is 0 Å². The van der Waals surface area contributed by atoms with Crippen LogP contribution in [-0.2, 0) is 18.4 Å². The van der Waals surface area contributed by atoms with Gasteiger partial charge in [-0.25, -0.2) is 0 Å². The van der Waals surface area contributed by atoms with Crippen molar-refractivity contribution in [3.05, 3.63) is 36.5 Å². The molecule has 59 heavy (non-hydrogen) atoms. The van der Waals surface area contributed by atoms with Crippen molar-refractivity contribution in [1.82, 2.24) is 5.32 Å². The molecular weight excluding hydrogens is 756 g/mol. The first-order chi connectivity index (χ1) is 28.5. The second-order valence-electron chi connectivity index (χ2n) is 18.2. The predicted molar refractivity (Wildman–Crippen MR) is 251 cm³/mol. The topological polar surface area (TPSA) is 108 Å². The molecule has 9 heteroatoms. The molecule has 0 spiro atoms. The fraction of sp³-hybridized carbons (Fsp3) is 0.860. The lowest BCUT2D eigenvalue weighted by Crippen LogP contribution is -2.45. The third-order valence-electron chi connectivity index (χ3n) is 11.1. The Kier molecular flexibility index (Phi) is 41.1. The van der Waals surface area contributed by atoms with Crippen molar-refractivity contribution in [3.8, 4) is 0 Å². The molecule has 0 saturated carbocycles. The number of likely N-dealkylation sites (N-methyl/N-ethyl adjacent to an activating group) is 1. The zero-order chi connectivity index (χ0) is 43.6. The highest BCUT2D eigenvalue weighted by molar-refractivity contribution is 7.45. The van der Waals surface area contributed by atoms with Gasteiger partial charge in [0.05, 0.1) is 39.9 Å². The Morgan fingerprint density at radius 3 is 1.44 bits per heavy atom. The number of hydrogen-bond acceptors (Lipinski definition) is 6. The van der Waals surface area contributed by atoms with E-state index in [2.05, 4.69) is 43.5 Å². The van der Waals surface area contributed by atoms with E-state index in [1.807, 2.05) is 27.2 Å². The Labute approximate surface area is 366 Å². The van der Waals surface area contributed by atoms with Crippen LogP contribution in [0.25, 0.3) is 0 Å². The first kappa shape index (κ1) is 57.7. The predicted octanol–water partition coefficient (Wildman–Crippen LogP) is 13.6. The quantitative estimate of drug-likeness (QED) is 0.0273. The fourth-order valence-corrected chi connectivity index (χ4v) is 7.85. The van der Waals surface area contributed by atoms with Crippen LogP contribution in [0.2, 0.25) is 0 Å². The van der Waals surface area contributed by atoms with Gasteiger partial charge in [-0.05, 0) is 51.4 Å². The standard InChI is InChI=1S/C50H97N2O6P/c1-6-8-10-12-14-16-18-20-22-24-25-26-28-29-31-33-35-37-39-41-43-49(53)48(47-58-59(55,56)57-46-45-52(3,4)5)51-50(54)44-42-40-38-36-34-32-30-27-23-21-19-17-15-13-11-9-7-2/h15,17,21,23,41,43,48-49,53H,6-14,16,18-20,22,24-40,42,44-47H2,1-5H3,(H-,51,54,55,56)/b17-15-,23-21-,43-41+. The monoisotopic (exact) mass is 853 g/mol. The number of nitrogens with one attached hydrogen (secondary N) is 1. The van der Waals surface area contributed by atoms with Crippen LogP contribution in [0.4, 0.5) is 0 Å². The summed E-state index contributed by atoms with van der Waals surface area (Å²) in [6, 6.07) is -0.890. The van der Waals surface area contributed by atoms with Crippen molar-refractivity contribution in [2.75, 3.05) is 40.9 Å². The number of phosphoric ester groups is 1. The van der Waals surface area contributed by atoms with Gasteiger partial charge in [-0.2, -0.15) is 0 Å². The van der Waals surface area contributed by atoms with Gasteiger partial charge in [-0.1, -0.05) is 204 Å². The smallest absolute Gasteiger partial charge is 0.268 e. The molecule has 348 valence electrons. The van der Waals surface area contributed by atoms with Crippen molar-refractivity contribution < 1.29 is 32.9 Å². The van der Waals surface area contributed by atoms with Gasteiger partial charge in [0.15, 0.2) is 0 Å². The zero-order valence-corrected chi connectivity index (χ0v) is 40.4. The summed E-state index contributed by atoms with van der Waals surface area (Å²) in [5, 5.41) is 13.8. The number of aliphatic hydroxyl groups is 1. The molecule has 0 aliphatic carbocycles. The van der Waals surface area contributed by atoms with Crippen molar-refractivity contribution in [2.24, 2.45) is 0 Å². The second-order valence-corrected chi connectivity index (χ2v) is 19.6. The van der Waals surface area contributed by atoms with Crippen molar-refractivity contribution in [3.63, 3.8) is 0 Å². The summed E-state index contributed by atoms with van der Waals surface area (Å²) in [7, 11) is 1.26. The summed E-state index contributed by atoms with van der Waals surface area (Å²) in [5.74, 6) is -0.205. The van der Waals surface area contributed by atoms with Gasteiger partial charge in [0.2, 0.25) is 5.91 Å². The van der Waals surface area contributed by atoms with Gasteiger partial charge in [-0.3, -0.25) is 9.36 Å². The average Bonchev–Trinajstić information content (AvgIpc) is 3.19. The number of carbonyl (C=O) groups excluding carboxylic acids is 1. The maximum atomic E-state index is 12.9. The summed E-state index contributed by atoms with van der Waals surface area (Å²) in [6.07, 6.45) is 51.9. The number of phosphoric acid groups is 1. The van der Waals surface area contributed by atoms with Crippen LogP contribution in [0, 0.1) is 0 Å². The number of nitrogens with zero attached hydrogens (tertiary/aromatic N) is 1. The number of quaternary nitrogens is 1. The molecule has 3 atom stereocenters. The summed E-state index contributed by atoms with van der Waals surface area (Å²) in [5.41, 5.74) is 0. The van der Waals surface area contributed by atoms with Crippen LogP contribution in [0.5, 0.6) is 0 Å². The van der Waals surface area contributed by atoms with E-state index in [9.17, 15) is 19.4 Å². The molecule has 0 aliphatic rings. The summed E-state index contributed by atoms with van der Waals surface area (Å²) >= 11 is 0. The minimum absolute atomic E-state index is 0.00265. The van der Waals surface area contributed by atoms with Crippen LogP contribution >= 0.6 is 7.82 Å². The highest BCUT2D eigenvalue weighted by Gasteiger charge is 2.23. The number of rotatable bonds is 45. The zero-order valence-electron chi connectivity index (χ0n) is 39.5. The number of carbonyl (C=O) groups is 1. The van der Waals surface area contributed by atoms with E-state index in [0.29, 0.717) is 17.4 Å². The van der Waals surface area contributed by atoms with E-state index in [0.717, 1.165) is 57.8 Å². The summed E-state index contributed by atoms with van der Waals surface area (Å²) < 4.78 is 23.3. The minimum Gasteiger partial charge on any atom is -0.756 e. The van der Waals surface area contributed by atoms with E-state index < -0.39 is 20.0 Å². The largest absolute Gasteiger partial charge is 0.756 e. The van der Waals surface area contributed by atoms with Gasteiger partial charge >= 0.3 is 0 Å². The third kappa shape index (κ3) is 44.6. The molecule has 0 heterocycles. The molecule has 0 bridgehead atoms. The molecule has 0 aromatic heterocycles. The van der Waals surface area contributed by atoms with Gasteiger partial charge in [0, 0.05) is 6.42 Å². The average molecular weight is 853 g/mol. The molecule has 0 radical (unpaired) electrons. The molecule has 0 aromatic rings. The van der Waals surface area contributed by atoms with Crippen LogP contribution in [0.1, 0.15) is 226 Å². The number of aliphatic hydroxyl groups excluding tert-OH is 1. The Bertz CT molecular complexity index is 1060. The number of hydrogen-bond donors (Lipinski definition) is 2. The van der Waals surface area contributed by atoms with Crippen LogP contribution in [0.3, 0.4) is 0 Å². The molecule has 0 aliphatic heterocycles. The van der Waals surface area contributed by atoms with Crippen LogP contribution < -0.4 is 10.2 Å². The lowest BCUT2D eigenvalue weighted by molar-refractivity contribution is -0.870. The second kappa shape index (κ2) is 42.0. The normalized spacial score (nSPS) is 14.5. The Balaban J connectivity index is 4.35. The Hall–Kier alpha value is -1.28. The number of amides is 1. The number of unbranched alkanes of at least 4 members (excludes halogenated alkanes) is 28. The van der Waals surface area contributed by atoms with Crippen molar-refractivity contribution >= 4 is 13.7 Å². The van der Waals surface area contributed by atoms with E-state index in [4.69, 9.17) is 9.05 Å². The van der Waals surface area contributed by atoms with E-state index >= 15 is 0 Å². The van der Waals surface area contributed by atoms with Gasteiger partial charge in [0.25, 0.3) is 7.82 Å². The maximum absolute atomic E-state index is 12.9. The molecule has 1 amide bonds. The van der Waals surface area contributed by atoms with Crippen LogP contribution in [-0.4, -0.2) is 68.5 Å². The molecule has 0 aromatic carbocycles. The molecule has 2 N–H and O–H groups in total. The Morgan fingerprint density at radius 1 is 0.593 bits per heavy atom. The summed E-state index contributed by atoms with van der Waals surface area (Å²) in [4.78, 5) is 25.4. The highest BCUT2D eigenvalue weighted by atomic mass is 31.2. The van der Waals surface area contributed by atoms with Gasteiger partial charge in [-0.15, -0.1) is 0 Å². The molecule has 8 nitrogen and oxygen atoms in total. The van der Waals surface area contributed by atoms with Crippen molar-refractivity contribution in [2.45, 2.75) is 238 Å². The molecule has 0 saturated heterocycles. The first-order valence-electron chi connectivity index (χ1n) is 24.9. The number of allylic oxidation sites excluding steroid dienone is 5. The molecule has 0 fully saturated rings. The maximum Gasteiger partial charge on any atom is 0.268 e. The molecule has 3 unspecified atom stereocenters. The molecular formula is C50H97N2O6P. The van der Waals surface area contributed by atoms with E-state index in [-0.39, 0.29) is 19.1 Å². The van der Waals surface area contributed by atoms with Gasteiger partial charge < -0.3 is 28.8 Å². The highest BCUT2D eigenvalue weighted by Crippen LogP contribution is 2.38. The van der Waals surface area contributed by atoms with E-state index in [1.54, 1.807) is 6.08 Å². The minimum atomic E-state index is -4.59. The lowest BCUT2D eigenvalue weighted by Gasteiger charge is -2.29. The third-order valence-corrected chi connectivity index (χ3v) is 12.1. The first-order valence-corrected chi connectivity index (χ1v) is 26.3. The van der Waals surface area contributed by atoms with Crippen LogP contribution in [0.15, 0.2) is 36.5 Å². The van der Waals surface area contributed by atoms with E-state index in [1.165, 1.54) is 148 Å². The Morgan fingerprint density at radius 2 is 0.983 bits per heavy atom. The SMILES string of the molecule is CCCCC/C=C\C/C=C\CCCCCCCCCC(=O)NC(COP(=O)([O-])OCC[N+](C)(C)C)C(O)/C=C/CCCCCCCCCCCCCCCCCCCC.